The Morgan fingerprint density at radius 3 is 2.67 bits per heavy atom. The van der Waals surface area contributed by atoms with Crippen LogP contribution in [-0.2, 0) is 10.0 Å². The van der Waals surface area contributed by atoms with E-state index in [4.69, 9.17) is 4.42 Å². The molecule has 0 aliphatic carbocycles. The number of hydrogen-bond donors (Lipinski definition) is 1. The molecule has 0 unspecified atom stereocenters. The number of furan rings is 1. The topological polar surface area (TPSA) is 82.9 Å². The van der Waals surface area contributed by atoms with Crippen LogP contribution in [0, 0.1) is 0 Å². The Morgan fingerprint density at radius 2 is 2.04 bits per heavy atom. The van der Waals surface area contributed by atoms with Crippen molar-refractivity contribution in [2.75, 3.05) is 33.7 Å². The van der Waals surface area contributed by atoms with E-state index in [-0.39, 0.29) is 22.6 Å². The second kappa shape index (κ2) is 7.84. The molecule has 0 atom stereocenters. The lowest BCUT2D eigenvalue weighted by Gasteiger charge is -2.31. The van der Waals surface area contributed by atoms with Crippen molar-refractivity contribution in [3.8, 4) is 0 Å². The summed E-state index contributed by atoms with van der Waals surface area (Å²) >= 11 is 0. The number of carbonyl (C=O) groups excluding carboxylic acids is 1. The van der Waals surface area contributed by atoms with Crippen molar-refractivity contribution in [1.82, 2.24) is 14.5 Å². The normalized spacial score (nSPS) is 16.7. The van der Waals surface area contributed by atoms with Crippen molar-refractivity contribution in [3.05, 3.63) is 42.7 Å². The SMILES string of the molecule is C=CCN1CCC(NC(=O)c2cc3cc(S(=O)(=O)N(C)C)ccc3o2)CC1. The molecule has 2 heterocycles. The molecule has 3 rings (SSSR count). The fraction of sp³-hybridized carbons (Fsp3) is 0.421. The number of sulfonamides is 1. The smallest absolute Gasteiger partial charge is 0.287 e. The molecule has 7 nitrogen and oxygen atoms in total. The van der Waals surface area contributed by atoms with E-state index in [0.717, 1.165) is 36.8 Å². The maximum atomic E-state index is 12.5. The van der Waals surface area contributed by atoms with Crippen molar-refractivity contribution in [2.45, 2.75) is 23.8 Å². The average molecular weight is 391 g/mol. The van der Waals surface area contributed by atoms with Gasteiger partial charge in [0.25, 0.3) is 5.91 Å². The molecule has 1 amide bonds. The minimum Gasteiger partial charge on any atom is -0.451 e. The first-order chi connectivity index (χ1) is 12.8. The van der Waals surface area contributed by atoms with Crippen LogP contribution in [0.2, 0.25) is 0 Å². The van der Waals surface area contributed by atoms with Gasteiger partial charge in [-0.1, -0.05) is 6.08 Å². The van der Waals surface area contributed by atoms with E-state index in [2.05, 4.69) is 16.8 Å². The summed E-state index contributed by atoms with van der Waals surface area (Å²) in [6.07, 6.45) is 3.65. The lowest BCUT2D eigenvalue weighted by molar-refractivity contribution is 0.0888. The van der Waals surface area contributed by atoms with Gasteiger partial charge >= 0.3 is 0 Å². The van der Waals surface area contributed by atoms with Crippen LogP contribution in [0.25, 0.3) is 11.0 Å². The van der Waals surface area contributed by atoms with Gasteiger partial charge in [-0.15, -0.1) is 6.58 Å². The molecular weight excluding hydrogens is 366 g/mol. The van der Waals surface area contributed by atoms with Crippen molar-refractivity contribution in [2.24, 2.45) is 0 Å². The van der Waals surface area contributed by atoms with Crippen LogP contribution in [0.5, 0.6) is 0 Å². The number of piperidine rings is 1. The molecule has 1 aromatic heterocycles. The number of fused-ring (bicyclic) bond motifs is 1. The Labute approximate surface area is 159 Å². The van der Waals surface area contributed by atoms with E-state index in [9.17, 15) is 13.2 Å². The highest BCUT2D eigenvalue weighted by Crippen LogP contribution is 2.24. The summed E-state index contributed by atoms with van der Waals surface area (Å²) in [4.78, 5) is 15.0. The Balaban J connectivity index is 1.72. The Bertz CT molecular complexity index is 941. The molecule has 1 fully saturated rings. The minimum atomic E-state index is -3.53. The van der Waals surface area contributed by atoms with Gasteiger partial charge in [-0.05, 0) is 37.1 Å². The first kappa shape index (κ1) is 19.6. The Kier molecular flexibility index (Phi) is 5.69. The van der Waals surface area contributed by atoms with Crippen molar-refractivity contribution in [1.29, 1.82) is 0 Å². The largest absolute Gasteiger partial charge is 0.451 e. The van der Waals surface area contributed by atoms with E-state index in [0.29, 0.717) is 11.0 Å². The fourth-order valence-electron chi connectivity index (χ4n) is 3.20. The minimum absolute atomic E-state index is 0.108. The lowest BCUT2D eigenvalue weighted by Crippen LogP contribution is -2.44. The molecule has 1 aliphatic heterocycles. The monoisotopic (exact) mass is 391 g/mol. The van der Waals surface area contributed by atoms with Crippen molar-refractivity contribution >= 4 is 26.9 Å². The molecular formula is C19H25N3O4S. The molecule has 27 heavy (non-hydrogen) atoms. The molecule has 1 aliphatic rings. The zero-order valence-corrected chi connectivity index (χ0v) is 16.5. The Hall–Kier alpha value is -2.16. The van der Waals surface area contributed by atoms with Gasteiger partial charge in [-0.25, -0.2) is 12.7 Å². The van der Waals surface area contributed by atoms with E-state index in [1.165, 1.54) is 26.2 Å². The Morgan fingerprint density at radius 1 is 1.33 bits per heavy atom. The highest BCUT2D eigenvalue weighted by Gasteiger charge is 2.23. The third-order valence-corrected chi connectivity index (χ3v) is 6.61. The third kappa shape index (κ3) is 4.23. The van der Waals surface area contributed by atoms with Crippen molar-refractivity contribution in [3.63, 3.8) is 0 Å². The number of amides is 1. The summed E-state index contributed by atoms with van der Waals surface area (Å²) in [5.41, 5.74) is 0.485. The number of nitrogens with one attached hydrogen (secondary N) is 1. The van der Waals surface area contributed by atoms with Crippen molar-refractivity contribution < 1.29 is 17.6 Å². The predicted molar refractivity (Wildman–Crippen MR) is 104 cm³/mol. The highest BCUT2D eigenvalue weighted by atomic mass is 32.2. The first-order valence-electron chi connectivity index (χ1n) is 8.91. The second-order valence-electron chi connectivity index (χ2n) is 6.93. The number of likely N-dealkylation sites (tertiary alicyclic amines) is 1. The van der Waals surface area contributed by atoms with Crippen LogP contribution < -0.4 is 5.32 Å². The van der Waals surface area contributed by atoms with Crippen LogP contribution in [-0.4, -0.2) is 63.3 Å². The number of benzene rings is 1. The molecule has 0 radical (unpaired) electrons. The molecule has 2 aromatic rings. The number of rotatable bonds is 6. The van der Waals surface area contributed by atoms with Gasteiger partial charge in [0.2, 0.25) is 10.0 Å². The molecule has 1 aromatic carbocycles. The summed E-state index contributed by atoms with van der Waals surface area (Å²) < 4.78 is 31.3. The van der Waals surface area contributed by atoms with Gasteiger partial charge in [-0.3, -0.25) is 9.69 Å². The molecule has 0 bridgehead atoms. The summed E-state index contributed by atoms with van der Waals surface area (Å²) in [7, 11) is -0.572. The molecule has 1 N–H and O–H groups in total. The van der Waals surface area contributed by atoms with Crippen LogP contribution in [0.3, 0.4) is 0 Å². The summed E-state index contributed by atoms with van der Waals surface area (Å²) in [5, 5.41) is 3.60. The molecule has 8 heteroatoms. The van der Waals surface area contributed by atoms with Gasteiger partial charge in [-0.2, -0.15) is 0 Å². The molecule has 0 saturated carbocycles. The van der Waals surface area contributed by atoms with Crippen LogP contribution in [0.1, 0.15) is 23.4 Å². The molecule has 0 spiro atoms. The standard InChI is InChI=1S/C19H25N3O4S/c1-4-9-22-10-7-15(8-11-22)20-19(23)18-13-14-12-16(5-6-17(14)26-18)27(24,25)21(2)3/h4-6,12-13,15H,1,7-11H2,2-3H3,(H,20,23). The zero-order valence-electron chi connectivity index (χ0n) is 15.6. The fourth-order valence-corrected chi connectivity index (χ4v) is 4.14. The van der Waals surface area contributed by atoms with Gasteiger partial charge < -0.3 is 9.73 Å². The van der Waals surface area contributed by atoms with Crippen LogP contribution in [0.15, 0.2) is 46.2 Å². The summed E-state index contributed by atoms with van der Waals surface area (Å²) in [6.45, 7) is 6.45. The van der Waals surface area contributed by atoms with Crippen LogP contribution in [0.4, 0.5) is 0 Å². The number of hydrogen-bond acceptors (Lipinski definition) is 5. The maximum Gasteiger partial charge on any atom is 0.287 e. The van der Waals surface area contributed by atoms with E-state index >= 15 is 0 Å². The van der Waals surface area contributed by atoms with Gasteiger partial charge in [0.1, 0.15) is 5.58 Å². The van der Waals surface area contributed by atoms with E-state index in [1.54, 1.807) is 12.1 Å². The molecule has 146 valence electrons. The lowest BCUT2D eigenvalue weighted by atomic mass is 10.0. The zero-order chi connectivity index (χ0) is 19.6. The quantitative estimate of drug-likeness (QED) is 0.762. The van der Waals surface area contributed by atoms with E-state index in [1.807, 2.05) is 6.08 Å². The number of nitrogens with zero attached hydrogens (tertiary/aromatic N) is 2. The van der Waals surface area contributed by atoms with Gasteiger partial charge in [0, 0.05) is 45.2 Å². The van der Waals surface area contributed by atoms with Gasteiger partial charge in [0.15, 0.2) is 5.76 Å². The molecule has 1 saturated heterocycles. The predicted octanol–water partition coefficient (Wildman–Crippen LogP) is 2.06. The average Bonchev–Trinajstić information content (AvgIpc) is 3.07. The summed E-state index contributed by atoms with van der Waals surface area (Å²) in [5.74, 6) is -0.0803. The third-order valence-electron chi connectivity index (χ3n) is 4.80. The maximum absolute atomic E-state index is 12.5. The second-order valence-corrected chi connectivity index (χ2v) is 9.09. The highest BCUT2D eigenvalue weighted by molar-refractivity contribution is 7.89. The van der Waals surface area contributed by atoms with Crippen LogP contribution >= 0.6 is 0 Å². The number of carbonyl (C=O) groups is 1. The van der Waals surface area contributed by atoms with E-state index < -0.39 is 10.0 Å². The first-order valence-corrected chi connectivity index (χ1v) is 10.4. The summed E-state index contributed by atoms with van der Waals surface area (Å²) in [6, 6.07) is 6.29. The van der Waals surface area contributed by atoms with Gasteiger partial charge in [0.05, 0.1) is 4.90 Å².